The van der Waals surface area contributed by atoms with E-state index < -0.39 is 12.3 Å². The van der Waals surface area contributed by atoms with Gasteiger partial charge in [0.2, 0.25) is 0 Å². The van der Waals surface area contributed by atoms with Crippen molar-refractivity contribution in [1.82, 2.24) is 0 Å². The van der Waals surface area contributed by atoms with Crippen LogP contribution in [0.2, 0.25) is 0 Å². The number of benzene rings is 2. The summed E-state index contributed by atoms with van der Waals surface area (Å²) in [5.41, 5.74) is 4.62. The Morgan fingerprint density at radius 1 is 0.913 bits per heavy atom. The molecule has 1 aliphatic rings. The summed E-state index contributed by atoms with van der Waals surface area (Å²) in [5.74, 6) is 0.00787. The summed E-state index contributed by atoms with van der Waals surface area (Å²) in [5, 5.41) is 16.1. The molecular weight excluding hydrogens is 300 g/mol. The fourth-order valence-electron chi connectivity index (χ4n) is 2.59. The van der Waals surface area contributed by atoms with Gasteiger partial charge in [0.1, 0.15) is 6.61 Å². The molecule has 0 unspecified atom stereocenters. The van der Waals surface area contributed by atoms with E-state index in [1.54, 1.807) is 0 Å². The first-order chi connectivity index (χ1) is 11.0. The van der Waals surface area contributed by atoms with Crippen molar-refractivity contribution < 1.29 is 29.3 Å². The lowest BCUT2D eigenvalue weighted by molar-refractivity contribution is 0.0891. The number of fused-ring (bicyclic) bond motifs is 3. The molecule has 0 aliphatic heterocycles. The number of rotatable bonds is 2. The molecule has 6 heteroatoms. The molecule has 0 radical (unpaired) electrons. The standard InChI is InChI=1S/C15H12O3.C2H4O3/c16-15(17)18-9-14-12-7-3-1-5-10(12)11-6-2-4-8-13(11)14;1-5-2(3)4/h1-8,14H,9H2,(H,16,17);1H3,(H,3,4). The van der Waals surface area contributed by atoms with Crippen LogP contribution in [0, 0.1) is 0 Å². The molecule has 1 aliphatic carbocycles. The van der Waals surface area contributed by atoms with Gasteiger partial charge in [-0.1, -0.05) is 48.5 Å². The predicted octanol–water partition coefficient (Wildman–Crippen LogP) is 3.80. The fourth-order valence-corrected chi connectivity index (χ4v) is 2.59. The molecule has 2 N–H and O–H groups in total. The van der Waals surface area contributed by atoms with Crippen molar-refractivity contribution in [3.63, 3.8) is 0 Å². The Labute approximate surface area is 132 Å². The van der Waals surface area contributed by atoms with Crippen molar-refractivity contribution in [2.45, 2.75) is 5.92 Å². The van der Waals surface area contributed by atoms with E-state index >= 15 is 0 Å². The molecule has 0 aromatic heterocycles. The molecule has 6 nitrogen and oxygen atoms in total. The van der Waals surface area contributed by atoms with E-state index in [4.69, 9.17) is 19.7 Å². The summed E-state index contributed by atoms with van der Waals surface area (Å²) in [4.78, 5) is 19.7. The van der Waals surface area contributed by atoms with Gasteiger partial charge in [0.15, 0.2) is 0 Å². The van der Waals surface area contributed by atoms with Crippen LogP contribution in [0.15, 0.2) is 48.5 Å². The van der Waals surface area contributed by atoms with Crippen molar-refractivity contribution in [3.05, 3.63) is 59.7 Å². The van der Waals surface area contributed by atoms with Gasteiger partial charge < -0.3 is 19.7 Å². The molecule has 0 atom stereocenters. The molecule has 3 rings (SSSR count). The Bertz CT molecular complexity index is 664. The summed E-state index contributed by atoms with van der Waals surface area (Å²) in [7, 11) is 1.10. The van der Waals surface area contributed by atoms with Crippen LogP contribution in [0.1, 0.15) is 17.0 Å². The first-order valence-electron chi connectivity index (χ1n) is 6.85. The lowest BCUT2D eigenvalue weighted by atomic mass is 9.98. The van der Waals surface area contributed by atoms with Gasteiger partial charge in [0.05, 0.1) is 7.11 Å². The highest BCUT2D eigenvalue weighted by atomic mass is 16.7. The smallest absolute Gasteiger partial charge is 0.450 e. The minimum atomic E-state index is -1.25. The van der Waals surface area contributed by atoms with Gasteiger partial charge in [0, 0.05) is 5.92 Å². The molecule has 120 valence electrons. The minimum absolute atomic E-state index is 0.00787. The predicted molar refractivity (Wildman–Crippen MR) is 82.7 cm³/mol. The van der Waals surface area contributed by atoms with Gasteiger partial charge in [-0.05, 0) is 22.3 Å². The lowest BCUT2D eigenvalue weighted by Gasteiger charge is -2.12. The molecule has 0 amide bonds. The van der Waals surface area contributed by atoms with Gasteiger partial charge in [0.25, 0.3) is 0 Å². The van der Waals surface area contributed by atoms with Gasteiger partial charge in [-0.25, -0.2) is 9.59 Å². The molecule has 0 saturated carbocycles. The molecule has 0 fully saturated rings. The van der Waals surface area contributed by atoms with Crippen LogP contribution in [0.3, 0.4) is 0 Å². The van der Waals surface area contributed by atoms with Gasteiger partial charge in [-0.15, -0.1) is 0 Å². The van der Waals surface area contributed by atoms with Crippen LogP contribution >= 0.6 is 0 Å². The van der Waals surface area contributed by atoms with Crippen molar-refractivity contribution in [3.8, 4) is 11.1 Å². The van der Waals surface area contributed by atoms with Crippen LogP contribution in [-0.2, 0) is 9.47 Å². The molecule has 23 heavy (non-hydrogen) atoms. The van der Waals surface area contributed by atoms with E-state index in [-0.39, 0.29) is 12.5 Å². The Morgan fingerprint density at radius 2 is 1.35 bits per heavy atom. The maximum absolute atomic E-state index is 10.6. The maximum atomic E-state index is 10.6. The third-order valence-electron chi connectivity index (χ3n) is 3.51. The van der Waals surface area contributed by atoms with E-state index in [9.17, 15) is 4.79 Å². The zero-order valence-corrected chi connectivity index (χ0v) is 12.4. The number of carboxylic acid groups (broad SMARTS) is 2. The second-order valence-electron chi connectivity index (χ2n) is 4.77. The number of hydrogen-bond acceptors (Lipinski definition) is 4. The van der Waals surface area contributed by atoms with Crippen molar-refractivity contribution in [2.75, 3.05) is 13.7 Å². The highest BCUT2D eigenvalue weighted by Crippen LogP contribution is 2.44. The van der Waals surface area contributed by atoms with Crippen molar-refractivity contribution >= 4 is 12.3 Å². The third-order valence-corrected chi connectivity index (χ3v) is 3.51. The highest BCUT2D eigenvalue weighted by Gasteiger charge is 2.28. The second kappa shape index (κ2) is 7.31. The Hall–Kier alpha value is -3.02. The average molecular weight is 316 g/mol. The molecule has 2 aromatic carbocycles. The zero-order valence-electron chi connectivity index (χ0n) is 12.4. The maximum Gasteiger partial charge on any atom is 0.505 e. The Morgan fingerprint density at radius 3 is 1.74 bits per heavy atom. The fraction of sp³-hybridized carbons (Fsp3) is 0.176. The van der Waals surface area contributed by atoms with E-state index in [2.05, 4.69) is 16.9 Å². The minimum Gasteiger partial charge on any atom is -0.450 e. The summed E-state index contributed by atoms with van der Waals surface area (Å²) >= 11 is 0. The second-order valence-corrected chi connectivity index (χ2v) is 4.77. The van der Waals surface area contributed by atoms with Crippen molar-refractivity contribution in [2.24, 2.45) is 0 Å². The number of methoxy groups -OCH3 is 1. The van der Waals surface area contributed by atoms with Crippen LogP contribution in [-0.4, -0.2) is 36.2 Å². The van der Waals surface area contributed by atoms with Crippen LogP contribution in [0.4, 0.5) is 9.59 Å². The summed E-state index contributed by atoms with van der Waals surface area (Å²) in [6, 6.07) is 16.1. The first kappa shape index (κ1) is 16.4. The molecule has 0 spiro atoms. The number of carbonyl (C=O) groups is 2. The van der Waals surface area contributed by atoms with Gasteiger partial charge >= 0.3 is 12.3 Å². The van der Waals surface area contributed by atoms with Gasteiger partial charge in [-0.2, -0.15) is 0 Å². The normalized spacial score (nSPS) is 11.5. The first-order valence-corrected chi connectivity index (χ1v) is 6.85. The average Bonchev–Trinajstić information content (AvgIpc) is 2.87. The van der Waals surface area contributed by atoms with Crippen molar-refractivity contribution in [1.29, 1.82) is 0 Å². The quantitative estimate of drug-likeness (QED) is 0.818. The molecule has 0 heterocycles. The van der Waals surface area contributed by atoms with Crippen LogP contribution in [0.25, 0.3) is 11.1 Å². The topological polar surface area (TPSA) is 93.1 Å². The highest BCUT2D eigenvalue weighted by molar-refractivity contribution is 5.78. The van der Waals surface area contributed by atoms with E-state index in [1.165, 1.54) is 11.1 Å². The lowest BCUT2D eigenvalue weighted by Crippen LogP contribution is -2.10. The molecule has 2 aromatic rings. The summed E-state index contributed by atoms with van der Waals surface area (Å²) in [6.07, 6.45) is -2.47. The largest absolute Gasteiger partial charge is 0.505 e. The van der Waals surface area contributed by atoms with E-state index in [0.29, 0.717) is 0 Å². The summed E-state index contributed by atoms with van der Waals surface area (Å²) < 4.78 is 8.42. The monoisotopic (exact) mass is 316 g/mol. The van der Waals surface area contributed by atoms with Crippen LogP contribution < -0.4 is 0 Å². The molecular formula is C17H16O6. The Kier molecular flexibility index (Phi) is 5.19. The SMILES string of the molecule is COC(=O)O.O=C(O)OCC1c2ccccc2-c2ccccc21. The third kappa shape index (κ3) is 3.79. The van der Waals surface area contributed by atoms with Gasteiger partial charge in [-0.3, -0.25) is 0 Å². The summed E-state index contributed by atoms with van der Waals surface area (Å²) in [6.45, 7) is 0.170. The van der Waals surface area contributed by atoms with Crippen LogP contribution in [0.5, 0.6) is 0 Å². The zero-order chi connectivity index (χ0) is 16.8. The molecule has 0 saturated heterocycles. The van der Waals surface area contributed by atoms with E-state index in [0.717, 1.165) is 18.2 Å². The molecule has 0 bridgehead atoms. The van der Waals surface area contributed by atoms with E-state index in [1.807, 2.05) is 36.4 Å². The number of hydrogen-bond donors (Lipinski definition) is 2. The number of ether oxygens (including phenoxy) is 2. The Balaban J connectivity index is 0.000000338.